The molecule has 0 atom stereocenters. The lowest BCUT2D eigenvalue weighted by atomic mass is 10.1. The summed E-state index contributed by atoms with van der Waals surface area (Å²) in [4.78, 5) is 31.3. The highest BCUT2D eigenvalue weighted by atomic mass is 16.7. The zero-order chi connectivity index (χ0) is 16.1. The third-order valence-corrected chi connectivity index (χ3v) is 2.58. The highest BCUT2D eigenvalue weighted by Crippen LogP contribution is 2.21. The Morgan fingerprint density at radius 1 is 0.773 bits per heavy atom. The van der Waals surface area contributed by atoms with Crippen LogP contribution in [0, 0.1) is 0 Å². The summed E-state index contributed by atoms with van der Waals surface area (Å²) in [5.41, 5.74) is -0.0372. The van der Waals surface area contributed by atoms with E-state index in [0.717, 1.165) is 6.07 Å². The first-order valence-electron chi connectivity index (χ1n) is 6.02. The molecule has 2 aliphatic rings. The van der Waals surface area contributed by atoms with Gasteiger partial charge in [-0.1, -0.05) is 6.07 Å². The third-order valence-electron chi connectivity index (χ3n) is 2.58. The van der Waals surface area contributed by atoms with E-state index >= 15 is 0 Å². The molecule has 7 heteroatoms. The summed E-state index contributed by atoms with van der Waals surface area (Å²) in [6.45, 7) is 0. The number of hydrogen-bond donors (Lipinski definition) is 2. The monoisotopic (exact) mass is 302 g/mol. The minimum atomic E-state index is -1.13. The SMILES string of the molecule is O=C(O)c1cccc(C(=O)O)c1.O=C1Oc2ccc(cc2)O1. The van der Waals surface area contributed by atoms with Crippen LogP contribution in [0.2, 0.25) is 0 Å². The highest BCUT2D eigenvalue weighted by molar-refractivity contribution is 5.93. The predicted octanol–water partition coefficient (Wildman–Crippen LogP) is 2.66. The molecule has 0 radical (unpaired) electrons. The predicted molar refractivity (Wildman–Crippen MR) is 73.5 cm³/mol. The minimum Gasteiger partial charge on any atom is -0.478 e. The van der Waals surface area contributed by atoms with Gasteiger partial charge in [-0.15, -0.1) is 0 Å². The van der Waals surface area contributed by atoms with Gasteiger partial charge in [0, 0.05) is 0 Å². The number of ether oxygens (including phenoxy) is 2. The highest BCUT2D eigenvalue weighted by Gasteiger charge is 2.12. The number of hydrogen-bond acceptors (Lipinski definition) is 5. The van der Waals surface area contributed by atoms with Crippen molar-refractivity contribution >= 4 is 18.1 Å². The largest absolute Gasteiger partial charge is 0.519 e. The lowest BCUT2D eigenvalue weighted by Crippen LogP contribution is -2.10. The van der Waals surface area contributed by atoms with E-state index in [2.05, 4.69) is 9.47 Å². The van der Waals surface area contributed by atoms with Crippen molar-refractivity contribution in [3.63, 3.8) is 0 Å². The molecule has 2 aromatic carbocycles. The summed E-state index contributed by atoms with van der Waals surface area (Å²) in [6.07, 6.45) is -0.667. The Kier molecular flexibility index (Phi) is 4.38. The lowest BCUT2D eigenvalue weighted by molar-refractivity contribution is 0.0696. The van der Waals surface area contributed by atoms with E-state index in [1.807, 2.05) is 0 Å². The van der Waals surface area contributed by atoms with Gasteiger partial charge in [-0.2, -0.15) is 0 Å². The second-order valence-electron chi connectivity index (χ2n) is 4.12. The lowest BCUT2D eigenvalue weighted by Gasteiger charge is -1.95. The summed E-state index contributed by atoms with van der Waals surface area (Å²) in [5, 5.41) is 17.0. The van der Waals surface area contributed by atoms with Gasteiger partial charge in [0.1, 0.15) is 11.5 Å². The van der Waals surface area contributed by atoms with Crippen molar-refractivity contribution in [3.8, 4) is 11.5 Å². The number of benzene rings is 2. The second-order valence-corrected chi connectivity index (χ2v) is 4.12. The van der Waals surface area contributed by atoms with Crippen LogP contribution >= 0.6 is 0 Å². The smallest absolute Gasteiger partial charge is 0.478 e. The zero-order valence-corrected chi connectivity index (χ0v) is 11.1. The number of aromatic carboxylic acids is 2. The Balaban J connectivity index is 0.000000162. The van der Waals surface area contributed by atoms with Gasteiger partial charge >= 0.3 is 18.1 Å². The normalized spacial score (nSPS) is 11.4. The van der Waals surface area contributed by atoms with Crippen LogP contribution in [0.5, 0.6) is 11.5 Å². The fourth-order valence-corrected chi connectivity index (χ4v) is 1.57. The minimum absolute atomic E-state index is 0.0186. The van der Waals surface area contributed by atoms with Crippen LogP contribution in [0.25, 0.3) is 0 Å². The molecule has 0 fully saturated rings. The molecule has 4 rings (SSSR count). The molecular weight excluding hydrogens is 292 g/mol. The Morgan fingerprint density at radius 2 is 1.18 bits per heavy atom. The Hall–Kier alpha value is -3.35. The molecule has 2 aromatic rings. The van der Waals surface area contributed by atoms with Crippen LogP contribution < -0.4 is 9.47 Å². The van der Waals surface area contributed by atoms with E-state index in [1.165, 1.54) is 18.2 Å². The van der Waals surface area contributed by atoms with Crippen molar-refractivity contribution in [2.24, 2.45) is 0 Å². The van der Waals surface area contributed by atoms with Crippen LogP contribution in [-0.2, 0) is 0 Å². The third kappa shape index (κ3) is 3.83. The van der Waals surface area contributed by atoms with Gasteiger partial charge in [0.25, 0.3) is 0 Å². The van der Waals surface area contributed by atoms with Gasteiger partial charge < -0.3 is 19.7 Å². The van der Waals surface area contributed by atoms with Gasteiger partial charge in [-0.05, 0) is 42.5 Å². The van der Waals surface area contributed by atoms with Crippen molar-refractivity contribution in [3.05, 3.63) is 59.7 Å². The van der Waals surface area contributed by atoms with Gasteiger partial charge in [0.15, 0.2) is 0 Å². The topological polar surface area (TPSA) is 110 Å². The molecule has 112 valence electrons. The van der Waals surface area contributed by atoms with Crippen molar-refractivity contribution in [2.45, 2.75) is 0 Å². The molecule has 2 bridgehead atoms. The molecule has 0 aromatic heterocycles. The Bertz CT molecular complexity index is 663. The van der Waals surface area contributed by atoms with E-state index in [4.69, 9.17) is 10.2 Å². The standard InChI is InChI=1S/C8H6O4.C7H4O3/c9-7(10)5-2-1-3-6(4-5)8(11)12;8-7-9-5-1-2-6(10-7)4-3-5/h1-4H,(H,9,10)(H,11,12);1-4H. The molecule has 0 aliphatic carbocycles. The Morgan fingerprint density at radius 3 is 1.55 bits per heavy atom. The number of carbonyl (C=O) groups is 3. The van der Waals surface area contributed by atoms with Gasteiger partial charge in [0.2, 0.25) is 0 Å². The van der Waals surface area contributed by atoms with Gasteiger partial charge in [-0.3, -0.25) is 0 Å². The van der Waals surface area contributed by atoms with Gasteiger partial charge in [-0.25, -0.2) is 14.4 Å². The first-order chi connectivity index (χ1) is 10.5. The van der Waals surface area contributed by atoms with E-state index in [9.17, 15) is 14.4 Å². The van der Waals surface area contributed by atoms with Crippen molar-refractivity contribution < 1.29 is 34.1 Å². The number of fused-ring (bicyclic) bond motifs is 4. The van der Waals surface area contributed by atoms with Crippen molar-refractivity contribution in [1.82, 2.24) is 0 Å². The maximum absolute atomic E-state index is 10.6. The zero-order valence-electron chi connectivity index (χ0n) is 11.1. The van der Waals surface area contributed by atoms with E-state index < -0.39 is 18.1 Å². The maximum Gasteiger partial charge on any atom is 0.519 e. The van der Waals surface area contributed by atoms with Crippen LogP contribution in [0.4, 0.5) is 4.79 Å². The van der Waals surface area contributed by atoms with Crippen LogP contribution in [0.3, 0.4) is 0 Å². The molecule has 0 amide bonds. The molecule has 2 N–H and O–H groups in total. The first-order valence-corrected chi connectivity index (χ1v) is 6.02. The van der Waals surface area contributed by atoms with Crippen molar-refractivity contribution in [1.29, 1.82) is 0 Å². The molecule has 0 unspecified atom stereocenters. The van der Waals surface area contributed by atoms with E-state index in [1.54, 1.807) is 24.3 Å². The van der Waals surface area contributed by atoms with Crippen LogP contribution in [0.1, 0.15) is 20.7 Å². The molecule has 2 heterocycles. The van der Waals surface area contributed by atoms with Crippen LogP contribution in [0.15, 0.2) is 48.5 Å². The average Bonchev–Trinajstić information content (AvgIpc) is 2.78. The number of carboxylic acid groups (broad SMARTS) is 2. The fraction of sp³-hybridized carbons (Fsp3) is 0. The molecule has 0 saturated heterocycles. The van der Waals surface area contributed by atoms with Gasteiger partial charge in [0.05, 0.1) is 11.1 Å². The molecule has 7 nitrogen and oxygen atoms in total. The summed E-state index contributed by atoms with van der Waals surface area (Å²) < 4.78 is 9.33. The quantitative estimate of drug-likeness (QED) is 0.648. The number of carboxylic acids is 2. The molecule has 22 heavy (non-hydrogen) atoms. The molecule has 2 aliphatic heterocycles. The average molecular weight is 302 g/mol. The summed E-state index contributed by atoms with van der Waals surface area (Å²) >= 11 is 0. The maximum atomic E-state index is 10.6. The van der Waals surface area contributed by atoms with E-state index in [-0.39, 0.29) is 11.1 Å². The van der Waals surface area contributed by atoms with Crippen LogP contribution in [-0.4, -0.2) is 28.3 Å². The van der Waals surface area contributed by atoms with Crippen molar-refractivity contribution in [2.75, 3.05) is 0 Å². The molecular formula is C15H10O7. The van der Waals surface area contributed by atoms with E-state index in [0.29, 0.717) is 11.5 Å². The number of rotatable bonds is 2. The number of carbonyl (C=O) groups excluding carboxylic acids is 1. The first kappa shape index (κ1) is 15.0. The fourth-order valence-electron chi connectivity index (χ4n) is 1.57. The molecule has 0 spiro atoms. The summed E-state index contributed by atoms with van der Waals surface area (Å²) in [6, 6.07) is 11.9. The second kappa shape index (κ2) is 6.40. The summed E-state index contributed by atoms with van der Waals surface area (Å²) in [7, 11) is 0. The Labute approximate surface area is 124 Å². The summed E-state index contributed by atoms with van der Waals surface area (Å²) in [5.74, 6) is -1.21. The molecule has 0 saturated carbocycles.